The van der Waals surface area contributed by atoms with Gasteiger partial charge >= 0.3 is 0 Å². The highest BCUT2D eigenvalue weighted by atomic mass is 32.1. The fourth-order valence-electron chi connectivity index (χ4n) is 1.22. The van der Waals surface area contributed by atoms with Gasteiger partial charge < -0.3 is 10.6 Å². The minimum atomic E-state index is 0.664. The summed E-state index contributed by atoms with van der Waals surface area (Å²) in [5.41, 5.74) is 5.57. The van der Waals surface area contributed by atoms with Crippen molar-refractivity contribution in [3.05, 3.63) is 11.1 Å². The van der Waals surface area contributed by atoms with Gasteiger partial charge in [0.2, 0.25) is 0 Å². The van der Waals surface area contributed by atoms with Gasteiger partial charge in [0.1, 0.15) is 0 Å². The first-order valence-electron chi connectivity index (χ1n) is 4.96. The van der Waals surface area contributed by atoms with Gasteiger partial charge in [-0.25, -0.2) is 4.98 Å². The molecule has 0 aromatic carbocycles. The third kappa shape index (κ3) is 4.07. The van der Waals surface area contributed by atoms with Crippen LogP contribution in [0.25, 0.3) is 0 Å². The van der Waals surface area contributed by atoms with Crippen LogP contribution in [0.1, 0.15) is 25.1 Å². The highest BCUT2D eigenvalue weighted by Crippen LogP contribution is 2.16. The summed E-state index contributed by atoms with van der Waals surface area (Å²) in [6.45, 7) is 6.59. The number of nitrogen functional groups attached to an aromatic ring is 1. The van der Waals surface area contributed by atoms with E-state index >= 15 is 0 Å². The van der Waals surface area contributed by atoms with Gasteiger partial charge in [-0.05, 0) is 25.9 Å². The molecule has 0 fully saturated rings. The van der Waals surface area contributed by atoms with Crippen molar-refractivity contribution in [3.8, 4) is 0 Å². The molecule has 0 unspecified atom stereocenters. The van der Waals surface area contributed by atoms with E-state index in [2.05, 4.69) is 30.8 Å². The molecule has 0 aliphatic heterocycles. The molecule has 0 saturated carbocycles. The maximum absolute atomic E-state index is 5.57. The molecule has 0 atom stereocenters. The Hall–Kier alpha value is -0.610. The second-order valence-electron chi connectivity index (χ2n) is 4.09. The third-order valence-corrected chi connectivity index (χ3v) is 2.90. The fraction of sp³-hybridized carbons (Fsp3) is 0.700. The van der Waals surface area contributed by atoms with E-state index in [0.29, 0.717) is 5.13 Å². The molecular weight excluding hydrogens is 194 g/mol. The molecule has 2 N–H and O–H groups in total. The molecule has 0 amide bonds. The average molecular weight is 213 g/mol. The molecule has 0 bridgehead atoms. The summed E-state index contributed by atoms with van der Waals surface area (Å²) >= 11 is 1.58. The van der Waals surface area contributed by atoms with Crippen molar-refractivity contribution in [1.29, 1.82) is 0 Å². The number of anilines is 1. The van der Waals surface area contributed by atoms with E-state index in [-0.39, 0.29) is 0 Å². The Morgan fingerprint density at radius 2 is 2.29 bits per heavy atom. The lowest BCUT2D eigenvalue weighted by atomic mass is 10.1. The number of hydrogen-bond donors (Lipinski definition) is 1. The molecule has 0 saturated heterocycles. The van der Waals surface area contributed by atoms with E-state index in [0.717, 1.165) is 19.0 Å². The van der Waals surface area contributed by atoms with Crippen LogP contribution in [0.2, 0.25) is 0 Å². The van der Waals surface area contributed by atoms with Crippen LogP contribution in [0.15, 0.2) is 6.20 Å². The van der Waals surface area contributed by atoms with Gasteiger partial charge in [-0.1, -0.05) is 13.8 Å². The van der Waals surface area contributed by atoms with Gasteiger partial charge in [-0.15, -0.1) is 11.3 Å². The van der Waals surface area contributed by atoms with Crippen molar-refractivity contribution in [2.45, 2.75) is 26.8 Å². The number of nitrogens with two attached hydrogens (primary N) is 1. The maximum Gasteiger partial charge on any atom is 0.180 e. The molecule has 1 rings (SSSR count). The van der Waals surface area contributed by atoms with E-state index in [1.807, 2.05) is 6.20 Å². The lowest BCUT2D eigenvalue weighted by Crippen LogP contribution is -2.19. The van der Waals surface area contributed by atoms with E-state index in [9.17, 15) is 0 Å². The Kier molecular flexibility index (Phi) is 4.35. The summed E-state index contributed by atoms with van der Waals surface area (Å²) in [7, 11) is 2.14. The summed E-state index contributed by atoms with van der Waals surface area (Å²) in [5.74, 6) is 0.768. The number of nitrogens with zero attached hydrogens (tertiary/aromatic N) is 2. The van der Waals surface area contributed by atoms with Crippen LogP contribution >= 0.6 is 11.3 Å². The van der Waals surface area contributed by atoms with E-state index in [1.54, 1.807) is 11.3 Å². The summed E-state index contributed by atoms with van der Waals surface area (Å²) in [5, 5.41) is 0.664. The van der Waals surface area contributed by atoms with Crippen LogP contribution < -0.4 is 5.73 Å². The number of aromatic nitrogens is 1. The first-order valence-corrected chi connectivity index (χ1v) is 5.78. The number of thiazole rings is 1. The summed E-state index contributed by atoms with van der Waals surface area (Å²) in [6, 6.07) is 0. The zero-order valence-corrected chi connectivity index (χ0v) is 9.97. The average Bonchev–Trinajstić information content (AvgIpc) is 2.48. The Labute approximate surface area is 89.9 Å². The zero-order valence-electron chi connectivity index (χ0n) is 9.16. The Balaban J connectivity index is 2.30. The van der Waals surface area contributed by atoms with Gasteiger partial charge in [-0.3, -0.25) is 0 Å². The molecule has 80 valence electrons. The minimum absolute atomic E-state index is 0.664. The first-order chi connectivity index (χ1) is 6.58. The lowest BCUT2D eigenvalue weighted by Gasteiger charge is -2.16. The van der Waals surface area contributed by atoms with Crippen molar-refractivity contribution >= 4 is 16.5 Å². The normalized spacial score (nSPS) is 11.5. The molecule has 0 aliphatic rings. The van der Waals surface area contributed by atoms with E-state index in [1.165, 1.54) is 11.3 Å². The summed E-state index contributed by atoms with van der Waals surface area (Å²) in [6.07, 6.45) is 3.11. The smallest absolute Gasteiger partial charge is 0.180 e. The second kappa shape index (κ2) is 5.32. The first kappa shape index (κ1) is 11.5. The van der Waals surface area contributed by atoms with Crippen LogP contribution in [-0.2, 0) is 6.54 Å². The molecule has 0 spiro atoms. The predicted octanol–water partition coefficient (Wildman–Crippen LogP) is 2.20. The predicted molar refractivity (Wildman–Crippen MR) is 62.3 cm³/mol. The quantitative estimate of drug-likeness (QED) is 0.815. The molecule has 1 heterocycles. The summed E-state index contributed by atoms with van der Waals surface area (Å²) in [4.78, 5) is 7.59. The van der Waals surface area contributed by atoms with E-state index < -0.39 is 0 Å². The molecule has 1 aromatic rings. The van der Waals surface area contributed by atoms with E-state index in [4.69, 9.17) is 5.73 Å². The number of rotatable bonds is 5. The van der Waals surface area contributed by atoms with Crippen molar-refractivity contribution in [3.63, 3.8) is 0 Å². The van der Waals surface area contributed by atoms with Crippen molar-refractivity contribution < 1.29 is 0 Å². The highest BCUT2D eigenvalue weighted by molar-refractivity contribution is 7.15. The van der Waals surface area contributed by atoms with Crippen LogP contribution in [0.4, 0.5) is 5.13 Å². The Morgan fingerprint density at radius 1 is 1.57 bits per heavy atom. The summed E-state index contributed by atoms with van der Waals surface area (Å²) < 4.78 is 0. The van der Waals surface area contributed by atoms with Gasteiger partial charge in [-0.2, -0.15) is 0 Å². The Morgan fingerprint density at radius 3 is 2.79 bits per heavy atom. The second-order valence-corrected chi connectivity index (χ2v) is 5.23. The fourth-order valence-corrected chi connectivity index (χ4v) is 1.98. The molecule has 14 heavy (non-hydrogen) atoms. The third-order valence-electron chi connectivity index (χ3n) is 2.09. The standard InChI is InChI=1S/C10H19N3S/c1-8(2)4-5-13(3)7-9-6-12-10(11)14-9/h6,8H,4-5,7H2,1-3H3,(H2,11,12). The zero-order chi connectivity index (χ0) is 10.6. The molecule has 4 heteroatoms. The minimum Gasteiger partial charge on any atom is -0.375 e. The number of hydrogen-bond acceptors (Lipinski definition) is 4. The van der Waals surface area contributed by atoms with Crippen LogP contribution in [0.3, 0.4) is 0 Å². The molecule has 0 aliphatic carbocycles. The van der Waals surface area contributed by atoms with Gasteiger partial charge in [0.05, 0.1) is 0 Å². The van der Waals surface area contributed by atoms with Gasteiger partial charge in [0.15, 0.2) is 5.13 Å². The Bertz CT molecular complexity index is 270. The van der Waals surface area contributed by atoms with Crippen molar-refractivity contribution in [1.82, 2.24) is 9.88 Å². The SMILES string of the molecule is CC(C)CCN(C)Cc1cnc(N)s1. The lowest BCUT2D eigenvalue weighted by molar-refractivity contribution is 0.306. The van der Waals surface area contributed by atoms with Crippen LogP contribution in [0, 0.1) is 5.92 Å². The largest absolute Gasteiger partial charge is 0.375 e. The molecule has 1 aromatic heterocycles. The van der Waals surface area contributed by atoms with Gasteiger partial charge in [0.25, 0.3) is 0 Å². The monoisotopic (exact) mass is 213 g/mol. The van der Waals surface area contributed by atoms with Gasteiger partial charge in [0, 0.05) is 17.6 Å². The van der Waals surface area contributed by atoms with Crippen LogP contribution in [0.5, 0.6) is 0 Å². The topological polar surface area (TPSA) is 42.2 Å². The molecular formula is C10H19N3S. The molecule has 3 nitrogen and oxygen atoms in total. The molecule has 0 radical (unpaired) electrons. The maximum atomic E-state index is 5.57. The van der Waals surface area contributed by atoms with Crippen LogP contribution in [-0.4, -0.2) is 23.5 Å². The highest BCUT2D eigenvalue weighted by Gasteiger charge is 2.04. The van der Waals surface area contributed by atoms with Crippen molar-refractivity contribution in [2.75, 3.05) is 19.3 Å². The van der Waals surface area contributed by atoms with Crippen molar-refractivity contribution in [2.24, 2.45) is 5.92 Å².